The molecule has 1 heterocycles. The predicted molar refractivity (Wildman–Crippen MR) is 86.7 cm³/mol. The molecule has 0 bridgehead atoms. The van der Waals surface area contributed by atoms with Crippen LogP contribution in [-0.2, 0) is 20.5 Å². The number of Topliss-reactive ketones (excluding diaryl/α,β-unsaturated/α-hetero) is 1. The van der Waals surface area contributed by atoms with Gasteiger partial charge in [-0.05, 0) is 38.5 Å². The lowest BCUT2D eigenvalue weighted by Gasteiger charge is -2.35. The Balaban J connectivity index is 2.23. The number of carbonyl (C=O) groups excluding carboxylic acids is 3. The van der Waals surface area contributed by atoms with Crippen LogP contribution < -0.4 is 0 Å². The second-order valence-corrected chi connectivity index (χ2v) is 6.39. The van der Waals surface area contributed by atoms with Crippen molar-refractivity contribution in [1.82, 2.24) is 4.90 Å². The van der Waals surface area contributed by atoms with Crippen LogP contribution in [0.4, 0.5) is 13.2 Å². The largest absolute Gasteiger partial charge is 0.465 e. The van der Waals surface area contributed by atoms with Crippen molar-refractivity contribution in [3.05, 3.63) is 34.3 Å². The zero-order valence-corrected chi connectivity index (χ0v) is 14.9. The molecule has 1 amide bonds. The molecular formula is C17H17ClF3NO4. The molecule has 0 spiro atoms. The predicted octanol–water partition coefficient (Wildman–Crippen LogP) is 3.34. The lowest BCUT2D eigenvalue weighted by atomic mass is 9.90. The first-order valence-corrected chi connectivity index (χ1v) is 8.31. The Labute approximate surface area is 153 Å². The van der Waals surface area contributed by atoms with Crippen LogP contribution >= 0.6 is 11.6 Å². The minimum atomic E-state index is -4.70. The molecular weight excluding hydrogens is 375 g/mol. The Morgan fingerprint density at radius 1 is 1.35 bits per heavy atom. The van der Waals surface area contributed by atoms with E-state index in [1.807, 2.05) is 0 Å². The van der Waals surface area contributed by atoms with Gasteiger partial charge in [-0.15, -0.1) is 0 Å². The fraction of sp³-hybridized carbons (Fsp3) is 0.471. The molecule has 0 radical (unpaired) electrons. The standard InChI is InChI=1S/C17H17ClF3NO4/c1-3-26-16(25)11-6-9(2)22(8-14(11)23)15(24)10-4-5-13(18)12(7-10)17(19,20)21/h4-5,7,9,11H,3,6,8H2,1-2H3/t9-,11?/m1/s1. The number of likely N-dealkylation sites (tertiary alicyclic amines) is 1. The summed E-state index contributed by atoms with van der Waals surface area (Å²) in [5.41, 5.74) is -1.35. The molecule has 1 fully saturated rings. The number of hydrogen-bond donors (Lipinski definition) is 0. The average molecular weight is 392 g/mol. The summed E-state index contributed by atoms with van der Waals surface area (Å²) in [6.45, 7) is 3.00. The van der Waals surface area contributed by atoms with E-state index < -0.39 is 46.4 Å². The molecule has 0 saturated carbocycles. The summed E-state index contributed by atoms with van der Waals surface area (Å²) in [4.78, 5) is 37.7. The van der Waals surface area contributed by atoms with Gasteiger partial charge in [-0.3, -0.25) is 14.4 Å². The van der Waals surface area contributed by atoms with Crippen molar-refractivity contribution in [3.8, 4) is 0 Å². The van der Waals surface area contributed by atoms with Gasteiger partial charge in [-0.1, -0.05) is 11.6 Å². The van der Waals surface area contributed by atoms with Crippen LogP contribution in [0.2, 0.25) is 5.02 Å². The first-order valence-electron chi connectivity index (χ1n) is 7.93. The zero-order chi connectivity index (χ0) is 19.6. The van der Waals surface area contributed by atoms with E-state index in [4.69, 9.17) is 16.3 Å². The van der Waals surface area contributed by atoms with Gasteiger partial charge >= 0.3 is 12.1 Å². The number of esters is 1. The van der Waals surface area contributed by atoms with Gasteiger partial charge in [0.05, 0.1) is 23.7 Å². The summed E-state index contributed by atoms with van der Waals surface area (Å²) in [5, 5.41) is -0.515. The second-order valence-electron chi connectivity index (χ2n) is 5.98. The summed E-state index contributed by atoms with van der Waals surface area (Å²) >= 11 is 5.56. The van der Waals surface area contributed by atoms with E-state index in [-0.39, 0.29) is 25.1 Å². The minimum Gasteiger partial charge on any atom is -0.465 e. The molecule has 0 N–H and O–H groups in total. The first kappa shape index (κ1) is 20.2. The van der Waals surface area contributed by atoms with E-state index in [9.17, 15) is 27.6 Å². The number of amides is 1. The number of halogens is 4. The minimum absolute atomic E-state index is 0.0587. The van der Waals surface area contributed by atoms with Crippen LogP contribution in [0.3, 0.4) is 0 Å². The van der Waals surface area contributed by atoms with Crippen molar-refractivity contribution in [2.24, 2.45) is 5.92 Å². The topological polar surface area (TPSA) is 63.7 Å². The van der Waals surface area contributed by atoms with Crippen molar-refractivity contribution in [3.63, 3.8) is 0 Å². The number of rotatable bonds is 3. The van der Waals surface area contributed by atoms with Gasteiger partial charge in [0, 0.05) is 11.6 Å². The first-order chi connectivity index (χ1) is 12.1. The summed E-state index contributed by atoms with van der Waals surface area (Å²) < 4.78 is 43.8. The third-order valence-electron chi connectivity index (χ3n) is 4.17. The Bertz CT molecular complexity index is 735. The average Bonchev–Trinajstić information content (AvgIpc) is 2.55. The van der Waals surface area contributed by atoms with Crippen molar-refractivity contribution in [1.29, 1.82) is 0 Å². The third-order valence-corrected chi connectivity index (χ3v) is 4.50. The number of carbonyl (C=O) groups is 3. The molecule has 1 aliphatic rings. The summed E-state index contributed by atoms with van der Waals surface area (Å²) in [6, 6.07) is 2.32. The maximum absolute atomic E-state index is 13.0. The highest BCUT2D eigenvalue weighted by atomic mass is 35.5. The van der Waals surface area contributed by atoms with Crippen LogP contribution in [0.15, 0.2) is 18.2 Å². The quantitative estimate of drug-likeness (QED) is 0.585. The lowest BCUT2D eigenvalue weighted by Crippen LogP contribution is -2.51. The number of ether oxygens (including phenoxy) is 1. The van der Waals surface area contributed by atoms with Crippen LogP contribution in [0.5, 0.6) is 0 Å². The number of ketones is 1. The highest BCUT2D eigenvalue weighted by Crippen LogP contribution is 2.35. The van der Waals surface area contributed by atoms with E-state index in [0.717, 1.165) is 11.0 Å². The molecule has 1 saturated heterocycles. The Morgan fingerprint density at radius 2 is 2.00 bits per heavy atom. The summed E-state index contributed by atoms with van der Waals surface area (Å²) in [6.07, 6.45) is -4.64. The van der Waals surface area contributed by atoms with Crippen molar-refractivity contribution >= 4 is 29.3 Å². The van der Waals surface area contributed by atoms with E-state index in [0.29, 0.717) is 6.07 Å². The number of nitrogens with zero attached hydrogens (tertiary/aromatic N) is 1. The highest BCUT2D eigenvalue weighted by Gasteiger charge is 2.40. The van der Waals surface area contributed by atoms with Gasteiger partial charge in [0.1, 0.15) is 5.92 Å². The Morgan fingerprint density at radius 3 is 2.58 bits per heavy atom. The van der Waals surface area contributed by atoms with Crippen molar-refractivity contribution in [2.75, 3.05) is 13.2 Å². The van der Waals surface area contributed by atoms with E-state index >= 15 is 0 Å². The normalized spacial score (nSPS) is 20.8. The third kappa shape index (κ3) is 4.17. The molecule has 5 nitrogen and oxygen atoms in total. The molecule has 0 aromatic heterocycles. The number of alkyl halides is 3. The SMILES string of the molecule is CCOC(=O)C1C[C@@H](C)N(C(=O)c2ccc(Cl)c(C(F)(F)F)c2)CC1=O. The molecule has 26 heavy (non-hydrogen) atoms. The molecule has 9 heteroatoms. The molecule has 2 atom stereocenters. The van der Waals surface area contributed by atoms with E-state index in [2.05, 4.69) is 0 Å². The highest BCUT2D eigenvalue weighted by molar-refractivity contribution is 6.31. The van der Waals surface area contributed by atoms with E-state index in [1.165, 1.54) is 6.07 Å². The monoisotopic (exact) mass is 391 g/mol. The van der Waals surface area contributed by atoms with Crippen LogP contribution in [0.1, 0.15) is 36.2 Å². The van der Waals surface area contributed by atoms with Crippen molar-refractivity contribution in [2.45, 2.75) is 32.5 Å². The van der Waals surface area contributed by atoms with Crippen molar-refractivity contribution < 1.29 is 32.3 Å². The number of piperidine rings is 1. The fourth-order valence-electron chi connectivity index (χ4n) is 2.82. The van der Waals surface area contributed by atoms with Crippen LogP contribution in [-0.4, -0.2) is 41.8 Å². The lowest BCUT2D eigenvalue weighted by molar-refractivity contribution is -0.154. The molecule has 1 aliphatic heterocycles. The molecule has 1 aromatic carbocycles. The number of hydrogen-bond acceptors (Lipinski definition) is 4. The van der Waals surface area contributed by atoms with Crippen LogP contribution in [0, 0.1) is 5.92 Å². The zero-order valence-electron chi connectivity index (χ0n) is 14.1. The Kier molecular flexibility index (Phi) is 5.95. The van der Waals surface area contributed by atoms with Crippen LogP contribution in [0.25, 0.3) is 0 Å². The maximum Gasteiger partial charge on any atom is 0.417 e. The molecule has 2 rings (SSSR count). The molecule has 1 unspecified atom stereocenters. The van der Waals surface area contributed by atoms with Gasteiger partial charge in [0.2, 0.25) is 0 Å². The summed E-state index contributed by atoms with van der Waals surface area (Å²) in [5.74, 6) is -2.84. The second kappa shape index (κ2) is 7.65. The van der Waals surface area contributed by atoms with Gasteiger partial charge in [0.15, 0.2) is 5.78 Å². The van der Waals surface area contributed by atoms with Gasteiger partial charge < -0.3 is 9.64 Å². The Hall–Kier alpha value is -2.09. The van der Waals surface area contributed by atoms with E-state index in [1.54, 1.807) is 13.8 Å². The fourth-order valence-corrected chi connectivity index (χ4v) is 3.04. The maximum atomic E-state index is 13.0. The van der Waals surface area contributed by atoms with Gasteiger partial charge in [-0.2, -0.15) is 13.2 Å². The summed E-state index contributed by atoms with van der Waals surface area (Å²) in [7, 11) is 0. The molecule has 1 aromatic rings. The smallest absolute Gasteiger partial charge is 0.417 e. The molecule has 0 aliphatic carbocycles. The van der Waals surface area contributed by atoms with Gasteiger partial charge in [-0.25, -0.2) is 0 Å². The molecule has 142 valence electrons. The number of benzene rings is 1. The van der Waals surface area contributed by atoms with Gasteiger partial charge in [0.25, 0.3) is 5.91 Å².